The number of hydrogen-bond donors (Lipinski definition) is 0. The topological polar surface area (TPSA) is 29.5 Å². The summed E-state index contributed by atoms with van der Waals surface area (Å²) in [4.78, 5) is 13.5. The van der Waals surface area contributed by atoms with Gasteiger partial charge in [-0.3, -0.25) is 0 Å². The highest BCUT2D eigenvalue weighted by Crippen LogP contribution is 2.23. The van der Waals surface area contributed by atoms with Crippen molar-refractivity contribution in [1.29, 1.82) is 0 Å². The van der Waals surface area contributed by atoms with Gasteiger partial charge in [-0.25, -0.2) is 4.79 Å². The van der Waals surface area contributed by atoms with Crippen LogP contribution in [0.4, 0.5) is 4.79 Å². The molecule has 1 heterocycles. The molecule has 1 saturated heterocycles. The minimum Gasteiger partial charge on any atom is -0.444 e. The zero-order valence-corrected chi connectivity index (χ0v) is 9.83. The molecule has 0 unspecified atom stereocenters. The molecule has 2 atom stereocenters. The van der Waals surface area contributed by atoms with E-state index in [1.165, 1.54) is 0 Å². The maximum Gasteiger partial charge on any atom is 0.410 e. The molecule has 0 aromatic rings. The van der Waals surface area contributed by atoms with Crippen LogP contribution in [0.5, 0.6) is 0 Å². The number of hydrogen-bond acceptors (Lipinski definition) is 2. The summed E-state index contributed by atoms with van der Waals surface area (Å²) in [6.45, 7) is 11.7. The van der Waals surface area contributed by atoms with E-state index in [0.29, 0.717) is 11.8 Å². The number of likely N-dealkylation sites (tertiary alicyclic amines) is 1. The predicted molar refractivity (Wildman–Crippen MR) is 56.1 cm³/mol. The molecule has 14 heavy (non-hydrogen) atoms. The van der Waals surface area contributed by atoms with Gasteiger partial charge in [-0.1, -0.05) is 13.8 Å². The molecule has 0 aliphatic carbocycles. The molecule has 1 aliphatic heterocycles. The van der Waals surface area contributed by atoms with E-state index in [4.69, 9.17) is 4.74 Å². The standard InChI is InChI=1S/C11H21NO2/c1-8-6-12(7-9(8)2)10(13)14-11(3,4)5/h8-9H,6-7H2,1-5H3/t8-,9-/m1/s1. The molecule has 0 aromatic heterocycles. The highest BCUT2D eigenvalue weighted by molar-refractivity contribution is 5.68. The van der Waals surface area contributed by atoms with Crippen LogP contribution in [0.3, 0.4) is 0 Å². The Labute approximate surface area is 86.4 Å². The average Bonchev–Trinajstić information content (AvgIpc) is 2.28. The van der Waals surface area contributed by atoms with Gasteiger partial charge >= 0.3 is 6.09 Å². The minimum atomic E-state index is -0.383. The average molecular weight is 199 g/mol. The van der Waals surface area contributed by atoms with Crippen LogP contribution in [0.2, 0.25) is 0 Å². The molecule has 1 amide bonds. The van der Waals surface area contributed by atoms with Crippen molar-refractivity contribution in [2.75, 3.05) is 13.1 Å². The molecule has 82 valence electrons. The second-order valence-electron chi connectivity index (χ2n) is 5.34. The van der Waals surface area contributed by atoms with Gasteiger partial charge in [-0.2, -0.15) is 0 Å². The summed E-state index contributed by atoms with van der Waals surface area (Å²) >= 11 is 0. The first-order valence-corrected chi connectivity index (χ1v) is 5.27. The fourth-order valence-electron chi connectivity index (χ4n) is 1.61. The van der Waals surface area contributed by atoms with E-state index in [1.807, 2.05) is 20.8 Å². The summed E-state index contributed by atoms with van der Waals surface area (Å²) in [5.74, 6) is 1.17. The summed E-state index contributed by atoms with van der Waals surface area (Å²) in [6, 6.07) is 0. The lowest BCUT2D eigenvalue weighted by atomic mass is 10.0. The van der Waals surface area contributed by atoms with Gasteiger partial charge < -0.3 is 9.64 Å². The molecule has 0 radical (unpaired) electrons. The number of ether oxygens (including phenoxy) is 1. The molecule has 0 bridgehead atoms. The van der Waals surface area contributed by atoms with E-state index in [0.717, 1.165) is 13.1 Å². The molecular formula is C11H21NO2. The van der Waals surface area contributed by atoms with Crippen LogP contribution in [-0.4, -0.2) is 29.7 Å². The molecule has 1 fully saturated rings. The first-order chi connectivity index (χ1) is 6.29. The van der Waals surface area contributed by atoms with Gasteiger partial charge in [-0.15, -0.1) is 0 Å². The fourth-order valence-corrected chi connectivity index (χ4v) is 1.61. The SMILES string of the molecule is C[C@@H]1CN(C(=O)OC(C)(C)C)C[C@H]1C. The van der Waals surface area contributed by atoms with Crippen molar-refractivity contribution in [2.45, 2.75) is 40.2 Å². The van der Waals surface area contributed by atoms with Gasteiger partial charge in [0.25, 0.3) is 0 Å². The van der Waals surface area contributed by atoms with Crippen LogP contribution < -0.4 is 0 Å². The maximum atomic E-state index is 11.7. The quantitative estimate of drug-likeness (QED) is 0.600. The van der Waals surface area contributed by atoms with E-state index in [9.17, 15) is 4.79 Å². The zero-order valence-electron chi connectivity index (χ0n) is 9.83. The predicted octanol–water partition coefficient (Wildman–Crippen LogP) is 2.51. The van der Waals surface area contributed by atoms with Crippen molar-refractivity contribution in [3.63, 3.8) is 0 Å². The fraction of sp³-hybridized carbons (Fsp3) is 0.909. The third-order valence-corrected chi connectivity index (χ3v) is 2.64. The lowest BCUT2D eigenvalue weighted by Gasteiger charge is -2.24. The molecular weight excluding hydrogens is 178 g/mol. The highest BCUT2D eigenvalue weighted by atomic mass is 16.6. The Kier molecular flexibility index (Phi) is 3.07. The Morgan fingerprint density at radius 3 is 2.00 bits per heavy atom. The molecule has 3 heteroatoms. The smallest absolute Gasteiger partial charge is 0.410 e. The largest absolute Gasteiger partial charge is 0.444 e. The third-order valence-electron chi connectivity index (χ3n) is 2.64. The normalized spacial score (nSPS) is 27.9. The van der Waals surface area contributed by atoms with Gasteiger partial charge in [0.05, 0.1) is 0 Å². The highest BCUT2D eigenvalue weighted by Gasteiger charge is 2.31. The van der Waals surface area contributed by atoms with Crippen LogP contribution >= 0.6 is 0 Å². The first kappa shape index (κ1) is 11.3. The Morgan fingerprint density at radius 2 is 1.64 bits per heavy atom. The third kappa shape index (κ3) is 2.89. The zero-order chi connectivity index (χ0) is 10.9. The van der Waals surface area contributed by atoms with Crippen molar-refractivity contribution in [1.82, 2.24) is 4.90 Å². The summed E-state index contributed by atoms with van der Waals surface area (Å²) in [7, 11) is 0. The van der Waals surface area contributed by atoms with E-state index < -0.39 is 0 Å². The van der Waals surface area contributed by atoms with Crippen molar-refractivity contribution in [3.05, 3.63) is 0 Å². The van der Waals surface area contributed by atoms with Crippen LogP contribution in [-0.2, 0) is 4.74 Å². The van der Waals surface area contributed by atoms with E-state index in [1.54, 1.807) is 4.90 Å². The molecule has 3 nitrogen and oxygen atoms in total. The van der Waals surface area contributed by atoms with E-state index in [-0.39, 0.29) is 11.7 Å². The minimum absolute atomic E-state index is 0.172. The molecule has 1 aliphatic rings. The number of carbonyl (C=O) groups is 1. The second-order valence-corrected chi connectivity index (χ2v) is 5.34. The van der Waals surface area contributed by atoms with Gasteiger partial charge in [0.2, 0.25) is 0 Å². The van der Waals surface area contributed by atoms with Gasteiger partial charge in [0.15, 0.2) is 0 Å². The lowest BCUT2D eigenvalue weighted by molar-refractivity contribution is 0.0285. The van der Waals surface area contributed by atoms with Gasteiger partial charge in [0, 0.05) is 13.1 Å². The maximum absolute atomic E-state index is 11.7. The van der Waals surface area contributed by atoms with E-state index >= 15 is 0 Å². The molecule has 0 N–H and O–H groups in total. The van der Waals surface area contributed by atoms with Crippen molar-refractivity contribution < 1.29 is 9.53 Å². The van der Waals surface area contributed by atoms with Crippen LogP contribution in [0.15, 0.2) is 0 Å². The molecule has 0 aromatic carbocycles. The number of carbonyl (C=O) groups excluding carboxylic acids is 1. The lowest BCUT2D eigenvalue weighted by Crippen LogP contribution is -2.35. The van der Waals surface area contributed by atoms with Crippen LogP contribution in [0.25, 0.3) is 0 Å². The first-order valence-electron chi connectivity index (χ1n) is 5.27. The summed E-state index contributed by atoms with van der Waals surface area (Å²) in [6.07, 6.45) is -0.172. The Balaban J connectivity index is 2.48. The Bertz CT molecular complexity index is 210. The Hall–Kier alpha value is -0.730. The monoisotopic (exact) mass is 199 g/mol. The summed E-state index contributed by atoms with van der Waals surface area (Å²) in [5.41, 5.74) is -0.383. The van der Waals surface area contributed by atoms with Crippen LogP contribution in [0.1, 0.15) is 34.6 Å². The van der Waals surface area contributed by atoms with Crippen molar-refractivity contribution in [3.8, 4) is 0 Å². The van der Waals surface area contributed by atoms with Crippen molar-refractivity contribution in [2.24, 2.45) is 11.8 Å². The number of rotatable bonds is 0. The summed E-state index contributed by atoms with van der Waals surface area (Å²) < 4.78 is 5.31. The van der Waals surface area contributed by atoms with Gasteiger partial charge in [-0.05, 0) is 32.6 Å². The van der Waals surface area contributed by atoms with Crippen molar-refractivity contribution >= 4 is 6.09 Å². The number of amides is 1. The molecule has 0 saturated carbocycles. The number of nitrogens with zero attached hydrogens (tertiary/aromatic N) is 1. The summed E-state index contributed by atoms with van der Waals surface area (Å²) in [5, 5.41) is 0. The molecule has 0 spiro atoms. The Morgan fingerprint density at radius 1 is 1.21 bits per heavy atom. The second kappa shape index (κ2) is 3.79. The molecule has 1 rings (SSSR count). The van der Waals surface area contributed by atoms with Crippen LogP contribution in [0, 0.1) is 11.8 Å². The van der Waals surface area contributed by atoms with Gasteiger partial charge in [0.1, 0.15) is 5.60 Å². The van der Waals surface area contributed by atoms with E-state index in [2.05, 4.69) is 13.8 Å².